The van der Waals surface area contributed by atoms with Crippen molar-refractivity contribution in [2.24, 2.45) is 0 Å². The van der Waals surface area contributed by atoms with Gasteiger partial charge in [0, 0.05) is 36.5 Å². The highest BCUT2D eigenvalue weighted by Crippen LogP contribution is 2.37. The fourth-order valence-electron chi connectivity index (χ4n) is 5.81. The van der Waals surface area contributed by atoms with Crippen LogP contribution in [0.4, 0.5) is 5.69 Å². The fourth-order valence-corrected chi connectivity index (χ4v) is 5.81. The zero-order valence-electron chi connectivity index (χ0n) is 24.6. The second kappa shape index (κ2) is 11.8. The van der Waals surface area contributed by atoms with Crippen molar-refractivity contribution in [3.05, 3.63) is 126 Å². The number of carbonyl (C=O) groups excluding carboxylic acids is 3. The number of rotatable bonds is 5. The first kappa shape index (κ1) is 28.2. The average Bonchev–Trinajstić information content (AvgIpc) is 3.36. The highest BCUT2D eigenvalue weighted by molar-refractivity contribution is 6.26. The molecule has 2 aliphatic heterocycles. The van der Waals surface area contributed by atoms with Crippen LogP contribution in [0.5, 0.6) is 11.5 Å². The van der Waals surface area contributed by atoms with E-state index in [9.17, 15) is 14.4 Å². The van der Waals surface area contributed by atoms with Crippen molar-refractivity contribution in [1.82, 2.24) is 9.88 Å². The van der Waals surface area contributed by atoms with Gasteiger partial charge in [0.15, 0.2) is 0 Å². The lowest BCUT2D eigenvalue weighted by Gasteiger charge is -2.27. The lowest BCUT2D eigenvalue weighted by Crippen LogP contribution is -2.40. The van der Waals surface area contributed by atoms with Crippen LogP contribution < -0.4 is 9.64 Å². The Morgan fingerprint density at radius 1 is 0.822 bits per heavy atom. The van der Waals surface area contributed by atoms with Crippen LogP contribution in [0, 0.1) is 0 Å². The quantitative estimate of drug-likeness (QED) is 0.209. The predicted molar refractivity (Wildman–Crippen MR) is 172 cm³/mol. The molecule has 0 radical (unpaired) electrons. The van der Waals surface area contributed by atoms with Crippen LogP contribution in [0.15, 0.2) is 109 Å². The standard InChI is InChI=1S/C37H29N3O5/c1-24(41)40-34-10-6-5-9-30(34)36(42)35(40)23-27-22-31(25-11-14-29(15-12-25)45-28-7-3-2-4-8-28)32-21-26(13-16-33(32)38-27)37(43)39-17-19-44-20-18-39/h2-16,21-23H,17-20H2,1H3/b35-23-. The molecule has 5 aromatic rings. The number of pyridine rings is 1. The van der Waals surface area contributed by atoms with Gasteiger partial charge in [-0.05, 0) is 77.9 Å². The van der Waals surface area contributed by atoms with Crippen LogP contribution in [0.25, 0.3) is 28.1 Å². The van der Waals surface area contributed by atoms with Crippen molar-refractivity contribution in [2.75, 3.05) is 31.2 Å². The first-order valence-corrected chi connectivity index (χ1v) is 14.8. The maximum absolute atomic E-state index is 13.4. The Bertz CT molecular complexity index is 1980. The second-order valence-electron chi connectivity index (χ2n) is 10.9. The van der Waals surface area contributed by atoms with Crippen molar-refractivity contribution in [1.29, 1.82) is 0 Å². The number of ketones is 1. The number of hydrogen-bond donors (Lipinski definition) is 0. The molecule has 222 valence electrons. The molecular weight excluding hydrogens is 566 g/mol. The number of benzene rings is 4. The fraction of sp³-hybridized carbons (Fsp3) is 0.135. The number of Topliss-reactive ketones (excluding diaryl/α,β-unsaturated/α-hetero) is 1. The summed E-state index contributed by atoms with van der Waals surface area (Å²) in [6.45, 7) is 3.55. The number of ether oxygens (including phenoxy) is 2. The van der Waals surface area contributed by atoms with Crippen LogP contribution in [-0.2, 0) is 9.53 Å². The summed E-state index contributed by atoms with van der Waals surface area (Å²) >= 11 is 0. The van der Waals surface area contributed by atoms with E-state index in [0.29, 0.717) is 60.1 Å². The number of amides is 2. The molecule has 0 bridgehead atoms. The molecule has 0 N–H and O–H groups in total. The molecule has 0 atom stereocenters. The van der Waals surface area contributed by atoms with Crippen molar-refractivity contribution >= 4 is 40.3 Å². The van der Waals surface area contributed by atoms with E-state index in [-0.39, 0.29) is 23.3 Å². The number of hydrogen-bond acceptors (Lipinski definition) is 6. The van der Waals surface area contributed by atoms with E-state index in [1.807, 2.05) is 72.8 Å². The number of morpholine rings is 1. The van der Waals surface area contributed by atoms with E-state index >= 15 is 0 Å². The number of fused-ring (bicyclic) bond motifs is 2. The molecule has 0 saturated carbocycles. The third-order valence-electron chi connectivity index (χ3n) is 7.98. The van der Waals surface area contributed by atoms with Gasteiger partial charge in [-0.3, -0.25) is 19.3 Å². The van der Waals surface area contributed by atoms with E-state index < -0.39 is 0 Å². The van der Waals surface area contributed by atoms with Crippen molar-refractivity contribution in [2.45, 2.75) is 6.92 Å². The third kappa shape index (κ3) is 5.47. The largest absolute Gasteiger partial charge is 0.457 e. The van der Waals surface area contributed by atoms with Gasteiger partial charge in [-0.1, -0.05) is 42.5 Å². The predicted octanol–water partition coefficient (Wildman–Crippen LogP) is 6.76. The van der Waals surface area contributed by atoms with Crippen molar-refractivity contribution < 1.29 is 23.9 Å². The molecule has 1 fully saturated rings. The van der Waals surface area contributed by atoms with E-state index in [0.717, 1.165) is 22.3 Å². The summed E-state index contributed by atoms with van der Waals surface area (Å²) in [6, 6.07) is 31.7. The smallest absolute Gasteiger partial charge is 0.254 e. The summed E-state index contributed by atoms with van der Waals surface area (Å²) in [5.74, 6) is 0.853. The van der Waals surface area contributed by atoms with Gasteiger partial charge >= 0.3 is 0 Å². The van der Waals surface area contributed by atoms with Crippen LogP contribution >= 0.6 is 0 Å². The van der Waals surface area contributed by atoms with Crippen LogP contribution in [0.1, 0.15) is 33.3 Å². The summed E-state index contributed by atoms with van der Waals surface area (Å²) in [4.78, 5) is 47.6. The molecule has 1 aromatic heterocycles. The molecule has 8 nitrogen and oxygen atoms in total. The molecule has 3 heterocycles. The van der Waals surface area contributed by atoms with E-state index in [1.54, 1.807) is 41.3 Å². The van der Waals surface area contributed by atoms with E-state index in [1.165, 1.54) is 11.8 Å². The maximum atomic E-state index is 13.4. The first-order valence-electron chi connectivity index (χ1n) is 14.8. The lowest BCUT2D eigenvalue weighted by molar-refractivity contribution is -0.116. The van der Waals surface area contributed by atoms with Gasteiger partial charge in [0.25, 0.3) is 5.91 Å². The number of para-hydroxylation sites is 2. The van der Waals surface area contributed by atoms with Crippen LogP contribution in [0.2, 0.25) is 0 Å². The molecule has 2 amide bonds. The molecular formula is C37H29N3O5. The van der Waals surface area contributed by atoms with Crippen molar-refractivity contribution in [3.63, 3.8) is 0 Å². The molecule has 7 rings (SSSR count). The topological polar surface area (TPSA) is 89.0 Å². The first-order chi connectivity index (χ1) is 22.0. The Morgan fingerprint density at radius 2 is 1.53 bits per heavy atom. The molecule has 0 aliphatic carbocycles. The second-order valence-corrected chi connectivity index (χ2v) is 10.9. The lowest BCUT2D eigenvalue weighted by atomic mass is 9.97. The SMILES string of the molecule is CC(=O)N1/C(=C\c2cc(-c3ccc(Oc4ccccc4)cc3)c3cc(C(=O)N4CCOCC4)ccc3n2)C(=O)c2ccccc21. The van der Waals surface area contributed by atoms with Crippen LogP contribution in [-0.4, -0.2) is 53.8 Å². The Kier molecular flexibility index (Phi) is 7.41. The Morgan fingerprint density at radius 3 is 2.29 bits per heavy atom. The molecule has 0 spiro atoms. The molecule has 0 unspecified atom stereocenters. The number of nitrogens with zero attached hydrogens (tertiary/aromatic N) is 3. The number of carbonyl (C=O) groups is 3. The monoisotopic (exact) mass is 595 g/mol. The zero-order chi connectivity index (χ0) is 30.9. The average molecular weight is 596 g/mol. The van der Waals surface area contributed by atoms with Crippen LogP contribution in [0.3, 0.4) is 0 Å². The van der Waals surface area contributed by atoms with Gasteiger partial charge in [-0.15, -0.1) is 0 Å². The maximum Gasteiger partial charge on any atom is 0.254 e. The van der Waals surface area contributed by atoms with E-state index in [2.05, 4.69) is 0 Å². The van der Waals surface area contributed by atoms with Gasteiger partial charge in [-0.2, -0.15) is 0 Å². The number of anilines is 1. The molecule has 4 aromatic carbocycles. The van der Waals surface area contributed by atoms with Gasteiger partial charge in [-0.25, -0.2) is 4.98 Å². The minimum Gasteiger partial charge on any atom is -0.457 e. The van der Waals surface area contributed by atoms with Gasteiger partial charge in [0.2, 0.25) is 11.7 Å². The minimum atomic E-state index is -0.263. The minimum absolute atomic E-state index is 0.0598. The summed E-state index contributed by atoms with van der Waals surface area (Å²) in [5.41, 5.74) is 4.70. The van der Waals surface area contributed by atoms with Gasteiger partial charge < -0.3 is 14.4 Å². The molecule has 8 heteroatoms. The van der Waals surface area contributed by atoms with Crippen molar-refractivity contribution in [3.8, 4) is 22.6 Å². The summed E-state index contributed by atoms with van der Waals surface area (Å²) in [6.07, 6.45) is 1.66. The number of aromatic nitrogens is 1. The highest BCUT2D eigenvalue weighted by atomic mass is 16.5. The molecule has 1 saturated heterocycles. The summed E-state index contributed by atoms with van der Waals surface area (Å²) in [5, 5.41) is 0.789. The van der Waals surface area contributed by atoms with E-state index in [4.69, 9.17) is 14.5 Å². The Labute approximate surface area is 260 Å². The Balaban J connectivity index is 1.33. The third-order valence-corrected chi connectivity index (χ3v) is 7.98. The molecule has 2 aliphatic rings. The normalized spacial score (nSPS) is 15.4. The van der Waals surface area contributed by atoms with Gasteiger partial charge in [0.05, 0.1) is 35.8 Å². The Hall–Kier alpha value is -5.60. The van der Waals surface area contributed by atoms with Gasteiger partial charge in [0.1, 0.15) is 11.5 Å². The number of allylic oxidation sites excluding steroid dienone is 1. The molecule has 45 heavy (non-hydrogen) atoms. The zero-order valence-corrected chi connectivity index (χ0v) is 24.6. The summed E-state index contributed by atoms with van der Waals surface area (Å²) < 4.78 is 11.4. The summed E-state index contributed by atoms with van der Waals surface area (Å²) in [7, 11) is 0. The highest BCUT2D eigenvalue weighted by Gasteiger charge is 2.34.